The summed E-state index contributed by atoms with van der Waals surface area (Å²) in [5.41, 5.74) is -0.495. The van der Waals surface area contributed by atoms with Crippen molar-refractivity contribution in [1.29, 1.82) is 0 Å². The van der Waals surface area contributed by atoms with E-state index >= 15 is 0 Å². The van der Waals surface area contributed by atoms with Crippen molar-refractivity contribution in [3.8, 4) is 0 Å². The molecule has 0 aliphatic heterocycles. The molecule has 0 rings (SSSR count). The van der Waals surface area contributed by atoms with Crippen LogP contribution in [0.2, 0.25) is 0 Å². The van der Waals surface area contributed by atoms with Gasteiger partial charge in [-0.1, -0.05) is 0 Å². The molecular weight excluding hydrogens is 194 g/mol. The van der Waals surface area contributed by atoms with E-state index in [1.807, 2.05) is 34.6 Å². The molecular formula is C11H21NO3. The molecule has 0 radical (unpaired) electrons. The zero-order chi connectivity index (χ0) is 12.1. The molecule has 0 aromatic heterocycles. The number of hydrogen-bond donors (Lipinski definition) is 0. The number of nitrogens with zero attached hydrogens (tertiary/aromatic N) is 1. The van der Waals surface area contributed by atoms with Gasteiger partial charge in [0, 0.05) is 19.0 Å². The monoisotopic (exact) mass is 215 g/mol. The summed E-state index contributed by atoms with van der Waals surface area (Å²) in [7, 11) is 0. The minimum atomic E-state index is -0.495. The van der Waals surface area contributed by atoms with Crippen LogP contribution < -0.4 is 0 Å². The van der Waals surface area contributed by atoms with Crippen LogP contribution in [-0.4, -0.2) is 35.5 Å². The molecule has 0 saturated heterocycles. The molecule has 0 aromatic rings. The van der Waals surface area contributed by atoms with Gasteiger partial charge in [-0.15, -0.1) is 0 Å². The van der Waals surface area contributed by atoms with Crippen molar-refractivity contribution >= 4 is 12.4 Å². The first-order valence-corrected chi connectivity index (χ1v) is 5.21. The summed E-state index contributed by atoms with van der Waals surface area (Å²) in [5, 5.41) is 0. The fourth-order valence-electron chi connectivity index (χ4n) is 1.07. The first kappa shape index (κ1) is 13.9. The van der Waals surface area contributed by atoms with Gasteiger partial charge in [0.1, 0.15) is 11.9 Å². The molecule has 0 atom stereocenters. The lowest BCUT2D eigenvalue weighted by Gasteiger charge is -2.29. The quantitative estimate of drug-likeness (QED) is 0.675. The lowest BCUT2D eigenvalue weighted by atomic mass is 10.2. The van der Waals surface area contributed by atoms with E-state index in [0.717, 1.165) is 6.29 Å². The largest absolute Gasteiger partial charge is 0.444 e. The topological polar surface area (TPSA) is 46.6 Å². The lowest BCUT2D eigenvalue weighted by Crippen LogP contribution is -2.41. The Morgan fingerprint density at radius 1 is 1.40 bits per heavy atom. The minimum Gasteiger partial charge on any atom is -0.444 e. The zero-order valence-electron chi connectivity index (χ0n) is 10.2. The normalized spacial score (nSPS) is 11.3. The first-order chi connectivity index (χ1) is 6.78. The Balaban J connectivity index is 4.35. The van der Waals surface area contributed by atoms with E-state index in [1.54, 1.807) is 4.90 Å². The van der Waals surface area contributed by atoms with Gasteiger partial charge in [0.15, 0.2) is 0 Å². The molecule has 1 amide bonds. The van der Waals surface area contributed by atoms with E-state index < -0.39 is 5.60 Å². The molecule has 0 spiro atoms. The standard InChI is InChI=1S/C11H21NO3/c1-9(2)12(7-6-8-13)10(14)15-11(3,4)5/h8-9H,6-7H2,1-5H3. The van der Waals surface area contributed by atoms with Gasteiger partial charge >= 0.3 is 6.09 Å². The fraction of sp³-hybridized carbons (Fsp3) is 0.818. The number of carbonyl (C=O) groups excluding carboxylic acids is 2. The Morgan fingerprint density at radius 3 is 2.27 bits per heavy atom. The van der Waals surface area contributed by atoms with Gasteiger partial charge in [0.05, 0.1) is 0 Å². The molecule has 0 saturated carbocycles. The molecule has 0 heterocycles. The van der Waals surface area contributed by atoms with E-state index in [0.29, 0.717) is 13.0 Å². The van der Waals surface area contributed by atoms with Crippen LogP contribution in [0.25, 0.3) is 0 Å². The summed E-state index contributed by atoms with van der Waals surface area (Å²) >= 11 is 0. The van der Waals surface area contributed by atoms with Crippen molar-refractivity contribution in [3.05, 3.63) is 0 Å². The van der Waals surface area contributed by atoms with Gasteiger partial charge < -0.3 is 14.4 Å². The van der Waals surface area contributed by atoms with E-state index in [1.165, 1.54) is 0 Å². The maximum Gasteiger partial charge on any atom is 0.410 e. The zero-order valence-corrected chi connectivity index (χ0v) is 10.2. The van der Waals surface area contributed by atoms with Gasteiger partial charge in [0.25, 0.3) is 0 Å². The number of carbonyl (C=O) groups is 2. The highest BCUT2D eigenvalue weighted by Gasteiger charge is 2.23. The summed E-state index contributed by atoms with van der Waals surface area (Å²) in [6.45, 7) is 9.68. The van der Waals surface area contributed by atoms with Gasteiger partial charge in [-0.25, -0.2) is 4.79 Å². The Morgan fingerprint density at radius 2 is 1.93 bits per heavy atom. The van der Waals surface area contributed by atoms with Crippen molar-refractivity contribution in [2.45, 2.75) is 52.7 Å². The summed E-state index contributed by atoms with van der Waals surface area (Å²) in [6, 6.07) is 0.0415. The SMILES string of the molecule is CC(C)N(CCC=O)C(=O)OC(C)(C)C. The molecule has 0 fully saturated rings. The highest BCUT2D eigenvalue weighted by molar-refractivity contribution is 5.69. The maximum atomic E-state index is 11.7. The van der Waals surface area contributed by atoms with Crippen molar-refractivity contribution in [1.82, 2.24) is 4.90 Å². The van der Waals surface area contributed by atoms with Gasteiger partial charge in [-0.2, -0.15) is 0 Å². The predicted octanol–water partition coefficient (Wildman–Crippen LogP) is 2.22. The van der Waals surface area contributed by atoms with Crippen LogP contribution in [-0.2, 0) is 9.53 Å². The van der Waals surface area contributed by atoms with Gasteiger partial charge in [0.2, 0.25) is 0 Å². The van der Waals surface area contributed by atoms with E-state index in [4.69, 9.17) is 4.74 Å². The molecule has 0 unspecified atom stereocenters. The minimum absolute atomic E-state index is 0.0415. The Hall–Kier alpha value is -1.06. The third-order valence-corrected chi connectivity index (χ3v) is 1.74. The van der Waals surface area contributed by atoms with Gasteiger partial charge in [-0.3, -0.25) is 0 Å². The predicted molar refractivity (Wildman–Crippen MR) is 58.8 cm³/mol. The summed E-state index contributed by atoms with van der Waals surface area (Å²) in [5.74, 6) is 0. The van der Waals surface area contributed by atoms with Crippen molar-refractivity contribution in [2.24, 2.45) is 0 Å². The van der Waals surface area contributed by atoms with Crippen LogP contribution in [0.5, 0.6) is 0 Å². The molecule has 0 aliphatic rings. The highest BCUT2D eigenvalue weighted by Crippen LogP contribution is 2.11. The fourth-order valence-corrected chi connectivity index (χ4v) is 1.07. The number of rotatable bonds is 4. The van der Waals surface area contributed by atoms with Crippen molar-refractivity contribution in [3.63, 3.8) is 0 Å². The third-order valence-electron chi connectivity index (χ3n) is 1.74. The van der Waals surface area contributed by atoms with Crippen LogP contribution in [0.3, 0.4) is 0 Å². The summed E-state index contributed by atoms with van der Waals surface area (Å²) in [6.07, 6.45) is 0.788. The average molecular weight is 215 g/mol. The molecule has 0 aromatic carbocycles. The van der Waals surface area contributed by atoms with Crippen LogP contribution in [0, 0.1) is 0 Å². The van der Waals surface area contributed by atoms with Crippen molar-refractivity contribution in [2.75, 3.05) is 6.54 Å². The van der Waals surface area contributed by atoms with Crippen LogP contribution >= 0.6 is 0 Å². The average Bonchev–Trinajstić information content (AvgIpc) is 2.00. The van der Waals surface area contributed by atoms with Crippen LogP contribution in [0.1, 0.15) is 41.0 Å². The summed E-state index contributed by atoms with van der Waals surface area (Å²) < 4.78 is 5.23. The number of amides is 1. The van der Waals surface area contributed by atoms with Crippen LogP contribution in [0.4, 0.5) is 4.79 Å². The number of hydrogen-bond acceptors (Lipinski definition) is 3. The molecule has 15 heavy (non-hydrogen) atoms. The maximum absolute atomic E-state index is 11.7. The van der Waals surface area contributed by atoms with E-state index in [9.17, 15) is 9.59 Å². The van der Waals surface area contributed by atoms with Gasteiger partial charge in [-0.05, 0) is 34.6 Å². The Bertz CT molecular complexity index is 218. The Kier molecular flexibility index (Phi) is 5.33. The molecule has 0 aliphatic carbocycles. The smallest absolute Gasteiger partial charge is 0.410 e. The third kappa shape index (κ3) is 6.10. The molecule has 4 heteroatoms. The molecule has 0 bridgehead atoms. The lowest BCUT2D eigenvalue weighted by molar-refractivity contribution is -0.108. The second kappa shape index (κ2) is 5.73. The highest BCUT2D eigenvalue weighted by atomic mass is 16.6. The number of ether oxygens (including phenoxy) is 1. The van der Waals surface area contributed by atoms with Crippen molar-refractivity contribution < 1.29 is 14.3 Å². The van der Waals surface area contributed by atoms with Crippen LogP contribution in [0.15, 0.2) is 0 Å². The second-order valence-electron chi connectivity index (χ2n) is 4.72. The molecule has 88 valence electrons. The second-order valence-corrected chi connectivity index (χ2v) is 4.72. The summed E-state index contributed by atoms with van der Waals surface area (Å²) in [4.78, 5) is 23.5. The number of aldehydes is 1. The van der Waals surface area contributed by atoms with E-state index in [-0.39, 0.29) is 12.1 Å². The van der Waals surface area contributed by atoms with E-state index in [2.05, 4.69) is 0 Å². The molecule has 4 nitrogen and oxygen atoms in total. The molecule has 0 N–H and O–H groups in total. The first-order valence-electron chi connectivity index (χ1n) is 5.21. The Labute approximate surface area is 91.6 Å².